The molecule has 3 rings (SSSR count). The number of carbonyl (C=O) groups excluding carboxylic acids is 1. The second-order valence-electron chi connectivity index (χ2n) is 6.40. The van der Waals surface area contributed by atoms with E-state index in [9.17, 15) is 17.6 Å². The maximum Gasteiger partial charge on any atom is 0.280 e. The van der Waals surface area contributed by atoms with Crippen LogP contribution in [0.25, 0.3) is 0 Å². The minimum absolute atomic E-state index is 0.0677. The number of halogens is 1. The summed E-state index contributed by atoms with van der Waals surface area (Å²) in [6.45, 7) is 2.95. The van der Waals surface area contributed by atoms with Crippen molar-refractivity contribution in [2.24, 2.45) is 5.16 Å². The van der Waals surface area contributed by atoms with Gasteiger partial charge in [0, 0.05) is 25.6 Å². The Morgan fingerprint density at radius 3 is 2.73 bits per heavy atom. The maximum atomic E-state index is 13.2. The molecule has 9 nitrogen and oxygen atoms in total. The predicted molar refractivity (Wildman–Crippen MR) is 109 cm³/mol. The number of nitrogens with zero attached hydrogens (tertiary/aromatic N) is 3. The van der Waals surface area contributed by atoms with Gasteiger partial charge in [0.15, 0.2) is 22.1 Å². The minimum atomic E-state index is -3.63. The highest BCUT2D eigenvalue weighted by molar-refractivity contribution is 7.89. The molecule has 0 aliphatic carbocycles. The Hall–Kier alpha value is -2.41. The van der Waals surface area contributed by atoms with Crippen molar-refractivity contribution in [2.75, 3.05) is 32.1 Å². The van der Waals surface area contributed by atoms with Crippen molar-refractivity contribution in [3.8, 4) is 0 Å². The molecule has 0 radical (unpaired) electrons. The summed E-state index contributed by atoms with van der Waals surface area (Å²) in [7, 11) is -2.15. The van der Waals surface area contributed by atoms with E-state index in [0.717, 1.165) is 6.20 Å². The van der Waals surface area contributed by atoms with E-state index in [1.807, 2.05) is 0 Å². The fourth-order valence-electron chi connectivity index (χ4n) is 2.55. The molecular formula is C18H21FN4O5S2. The van der Waals surface area contributed by atoms with E-state index in [0.29, 0.717) is 43.1 Å². The molecule has 1 aromatic heterocycles. The molecule has 0 unspecified atom stereocenters. The lowest BCUT2D eigenvalue weighted by Crippen LogP contribution is -2.27. The molecule has 30 heavy (non-hydrogen) atoms. The van der Waals surface area contributed by atoms with Crippen LogP contribution in [0.2, 0.25) is 0 Å². The monoisotopic (exact) mass is 456 g/mol. The maximum absolute atomic E-state index is 13.2. The molecule has 1 fully saturated rings. The van der Waals surface area contributed by atoms with Crippen LogP contribution in [0, 0.1) is 5.13 Å². The molecule has 0 spiro atoms. The molecule has 162 valence electrons. The van der Waals surface area contributed by atoms with Gasteiger partial charge in [-0.05, 0) is 12.1 Å². The predicted octanol–water partition coefficient (Wildman–Crippen LogP) is 2.07. The zero-order valence-corrected chi connectivity index (χ0v) is 18.0. The molecule has 1 amide bonds. The molecule has 1 aliphatic heterocycles. The van der Waals surface area contributed by atoms with Gasteiger partial charge in [0.05, 0.1) is 24.3 Å². The Bertz CT molecular complexity index is 1020. The van der Waals surface area contributed by atoms with Gasteiger partial charge in [-0.1, -0.05) is 35.5 Å². The summed E-state index contributed by atoms with van der Waals surface area (Å²) in [5, 5.41) is 5.96. The minimum Gasteiger partial charge on any atom is -0.389 e. The number of anilines is 1. The molecule has 2 heterocycles. The van der Waals surface area contributed by atoms with Gasteiger partial charge in [-0.3, -0.25) is 10.1 Å². The van der Waals surface area contributed by atoms with Crippen LogP contribution in [0.1, 0.15) is 18.9 Å². The Kier molecular flexibility index (Phi) is 7.13. The highest BCUT2D eigenvalue weighted by Crippen LogP contribution is 2.19. The van der Waals surface area contributed by atoms with Gasteiger partial charge >= 0.3 is 0 Å². The zero-order valence-electron chi connectivity index (χ0n) is 16.4. The van der Waals surface area contributed by atoms with Crippen molar-refractivity contribution in [3.63, 3.8) is 0 Å². The summed E-state index contributed by atoms with van der Waals surface area (Å²) >= 11 is 0.673. The third-order valence-electron chi connectivity index (χ3n) is 4.38. The van der Waals surface area contributed by atoms with E-state index in [1.54, 1.807) is 6.92 Å². The summed E-state index contributed by atoms with van der Waals surface area (Å²) < 4.78 is 44.5. The molecule has 1 N–H and O–H groups in total. The number of hydrogen-bond donors (Lipinski definition) is 1. The number of benzene rings is 1. The van der Waals surface area contributed by atoms with E-state index in [2.05, 4.69) is 15.5 Å². The van der Waals surface area contributed by atoms with Crippen molar-refractivity contribution in [1.29, 1.82) is 0 Å². The first kappa shape index (κ1) is 22.3. The number of carbonyl (C=O) groups is 1. The van der Waals surface area contributed by atoms with Crippen molar-refractivity contribution in [3.05, 3.63) is 41.2 Å². The molecule has 2 aromatic rings. The van der Waals surface area contributed by atoms with Crippen LogP contribution in [0.3, 0.4) is 0 Å². The third-order valence-corrected chi connectivity index (χ3v) is 7.02. The molecule has 1 atom stereocenters. The standard InChI is InChI=1S/C18H21FN4O5S2/c1-3-23(2)30(25,26)14-6-4-12(5-7-14)16(22-28-13-8-9-27-11-13)17(24)21-18-20-10-15(19)29-18/h4-7,10,13H,3,8-9,11H2,1-2H3,(H,20,21,24)/t13-/m1/s1. The average Bonchev–Trinajstić information content (AvgIpc) is 3.39. The number of hydrogen-bond acceptors (Lipinski definition) is 8. The van der Waals surface area contributed by atoms with Crippen LogP contribution in [-0.4, -0.2) is 62.2 Å². The number of amides is 1. The molecule has 12 heteroatoms. The molecule has 1 aliphatic rings. The van der Waals surface area contributed by atoms with E-state index in [4.69, 9.17) is 9.57 Å². The Morgan fingerprint density at radius 1 is 1.43 bits per heavy atom. The van der Waals surface area contributed by atoms with E-state index >= 15 is 0 Å². The van der Waals surface area contributed by atoms with Crippen LogP contribution in [-0.2, 0) is 24.4 Å². The van der Waals surface area contributed by atoms with E-state index in [1.165, 1.54) is 35.6 Å². The highest BCUT2D eigenvalue weighted by Gasteiger charge is 2.23. The van der Waals surface area contributed by atoms with Crippen molar-refractivity contribution in [2.45, 2.75) is 24.3 Å². The second-order valence-corrected chi connectivity index (χ2v) is 9.42. The second kappa shape index (κ2) is 9.60. The summed E-state index contributed by atoms with van der Waals surface area (Å²) in [4.78, 5) is 22.0. The topological polar surface area (TPSA) is 110 Å². The van der Waals surface area contributed by atoms with Crippen molar-refractivity contribution in [1.82, 2.24) is 9.29 Å². The average molecular weight is 457 g/mol. The molecular weight excluding hydrogens is 435 g/mol. The van der Waals surface area contributed by atoms with Crippen LogP contribution in [0.5, 0.6) is 0 Å². The van der Waals surface area contributed by atoms with Crippen molar-refractivity contribution >= 4 is 38.1 Å². The van der Waals surface area contributed by atoms with Gasteiger partial charge < -0.3 is 9.57 Å². The van der Waals surface area contributed by atoms with Gasteiger partial charge in [-0.15, -0.1) is 0 Å². The summed E-state index contributed by atoms with van der Waals surface area (Å²) in [6, 6.07) is 5.71. The summed E-state index contributed by atoms with van der Waals surface area (Å²) in [5.41, 5.74) is 0.242. The first-order chi connectivity index (χ1) is 14.3. The SMILES string of the molecule is CCN(C)S(=O)(=O)c1ccc(C(=NO[C@@H]2CCOC2)C(=O)Nc2ncc(F)s2)cc1. The number of ether oxygens (including phenoxy) is 1. The lowest BCUT2D eigenvalue weighted by atomic mass is 10.1. The third kappa shape index (κ3) is 5.19. The summed E-state index contributed by atoms with van der Waals surface area (Å²) in [5.74, 6) is -0.662. The van der Waals surface area contributed by atoms with Gasteiger partial charge in [0.1, 0.15) is 0 Å². The Labute approximate surface area is 177 Å². The quantitative estimate of drug-likeness (QED) is 0.481. The van der Waals surface area contributed by atoms with Gasteiger partial charge in [-0.25, -0.2) is 17.7 Å². The molecule has 0 saturated carbocycles. The lowest BCUT2D eigenvalue weighted by Gasteiger charge is -2.15. The molecule has 1 aromatic carbocycles. The smallest absolute Gasteiger partial charge is 0.280 e. The van der Waals surface area contributed by atoms with E-state index in [-0.39, 0.29) is 21.8 Å². The lowest BCUT2D eigenvalue weighted by molar-refractivity contribution is -0.110. The van der Waals surface area contributed by atoms with Crippen LogP contribution in [0.4, 0.5) is 9.52 Å². The number of sulfonamides is 1. The number of rotatable bonds is 8. The number of thiazole rings is 1. The normalized spacial score (nSPS) is 17.3. The summed E-state index contributed by atoms with van der Waals surface area (Å²) in [6.07, 6.45) is 1.34. The Morgan fingerprint density at radius 2 is 2.17 bits per heavy atom. The van der Waals surface area contributed by atoms with Gasteiger partial charge in [0.25, 0.3) is 5.91 Å². The van der Waals surface area contributed by atoms with Crippen molar-refractivity contribution < 1.29 is 27.2 Å². The fraction of sp³-hybridized carbons (Fsp3) is 0.389. The largest absolute Gasteiger partial charge is 0.389 e. The Balaban J connectivity index is 1.87. The first-order valence-corrected chi connectivity index (χ1v) is 11.4. The van der Waals surface area contributed by atoms with E-state index < -0.39 is 21.1 Å². The number of aromatic nitrogens is 1. The molecule has 1 saturated heterocycles. The van der Waals surface area contributed by atoms with Gasteiger partial charge in [-0.2, -0.15) is 4.39 Å². The van der Waals surface area contributed by atoms with Crippen LogP contribution < -0.4 is 5.32 Å². The van der Waals surface area contributed by atoms with Crippen LogP contribution >= 0.6 is 11.3 Å². The first-order valence-electron chi connectivity index (χ1n) is 9.12. The molecule has 0 bridgehead atoms. The number of nitrogens with one attached hydrogen (secondary N) is 1. The fourth-order valence-corrected chi connectivity index (χ4v) is 4.27. The number of oxime groups is 1. The van der Waals surface area contributed by atoms with Gasteiger partial charge in [0.2, 0.25) is 10.0 Å². The highest BCUT2D eigenvalue weighted by atomic mass is 32.2. The van der Waals surface area contributed by atoms with Crippen LogP contribution in [0.15, 0.2) is 40.5 Å². The zero-order chi connectivity index (χ0) is 21.7.